The van der Waals surface area contributed by atoms with E-state index in [9.17, 15) is 0 Å². The van der Waals surface area contributed by atoms with Crippen molar-refractivity contribution >= 4 is 0 Å². The molecule has 4 nitrogen and oxygen atoms in total. The van der Waals surface area contributed by atoms with Crippen LogP contribution in [-0.4, -0.2) is 45.7 Å². The van der Waals surface area contributed by atoms with Crippen LogP contribution in [0.1, 0.15) is 87.5 Å². The van der Waals surface area contributed by atoms with Crippen molar-refractivity contribution in [2.24, 2.45) is 22.7 Å². The Bertz CT molecular complexity index is 632. The Kier molecular flexibility index (Phi) is 14.4. The monoisotopic (exact) mass is 478 g/mol. The molecule has 1 rings (SSSR count). The van der Waals surface area contributed by atoms with E-state index in [1.807, 2.05) is 30.3 Å². The Balaban J connectivity index is 2.93. The fraction of sp³-hybridized carbons (Fsp3) is 0.800. The van der Waals surface area contributed by atoms with Gasteiger partial charge in [0, 0.05) is 7.11 Å². The van der Waals surface area contributed by atoms with Gasteiger partial charge >= 0.3 is 0 Å². The molecule has 0 aliphatic heterocycles. The molecule has 0 radical (unpaired) electrons. The first kappa shape index (κ1) is 30.9. The van der Waals surface area contributed by atoms with Crippen LogP contribution in [0.25, 0.3) is 0 Å². The van der Waals surface area contributed by atoms with Gasteiger partial charge in [-0.1, -0.05) is 86.4 Å². The summed E-state index contributed by atoms with van der Waals surface area (Å²) in [6, 6.07) is 9.99. The Morgan fingerprint density at radius 3 is 2.03 bits per heavy atom. The molecule has 0 saturated carbocycles. The van der Waals surface area contributed by atoms with Crippen LogP contribution >= 0.6 is 0 Å². The molecule has 0 N–H and O–H groups in total. The number of rotatable bonds is 19. The van der Waals surface area contributed by atoms with Crippen LogP contribution in [-0.2, 0) is 14.2 Å². The zero-order valence-corrected chi connectivity index (χ0v) is 23.7. The molecule has 0 aromatic heterocycles. The summed E-state index contributed by atoms with van der Waals surface area (Å²) in [5.41, 5.74) is 0.225. The molecular formula is C30H54O4. The molecule has 4 heteroatoms. The second-order valence-corrected chi connectivity index (χ2v) is 11.0. The number of ether oxygens (including phenoxy) is 4. The van der Waals surface area contributed by atoms with Gasteiger partial charge in [-0.05, 0) is 54.1 Å². The molecule has 0 heterocycles. The van der Waals surface area contributed by atoms with Crippen molar-refractivity contribution < 1.29 is 18.9 Å². The van der Waals surface area contributed by atoms with Gasteiger partial charge in [-0.25, -0.2) is 0 Å². The lowest BCUT2D eigenvalue weighted by molar-refractivity contribution is -0.0981. The number of hydrogen-bond donors (Lipinski definition) is 0. The number of benzene rings is 1. The van der Waals surface area contributed by atoms with Crippen LogP contribution in [0.4, 0.5) is 0 Å². The van der Waals surface area contributed by atoms with Gasteiger partial charge in [-0.2, -0.15) is 0 Å². The predicted molar refractivity (Wildman–Crippen MR) is 144 cm³/mol. The van der Waals surface area contributed by atoms with Crippen LogP contribution in [0.5, 0.6) is 5.75 Å². The fourth-order valence-electron chi connectivity index (χ4n) is 4.44. The Morgan fingerprint density at radius 1 is 0.824 bits per heavy atom. The number of para-hydroxylation sites is 1. The highest BCUT2D eigenvalue weighted by Gasteiger charge is 2.41. The molecule has 1 aromatic rings. The van der Waals surface area contributed by atoms with Crippen molar-refractivity contribution in [3.63, 3.8) is 0 Å². The van der Waals surface area contributed by atoms with Gasteiger partial charge in [0.15, 0.2) is 0 Å². The molecule has 5 unspecified atom stereocenters. The molecule has 1 aromatic carbocycles. The van der Waals surface area contributed by atoms with E-state index in [0.717, 1.165) is 31.4 Å². The molecule has 5 atom stereocenters. The van der Waals surface area contributed by atoms with E-state index >= 15 is 0 Å². The molecule has 198 valence electrons. The van der Waals surface area contributed by atoms with E-state index in [4.69, 9.17) is 18.9 Å². The van der Waals surface area contributed by atoms with Crippen LogP contribution in [0, 0.1) is 22.7 Å². The first-order valence-corrected chi connectivity index (χ1v) is 13.5. The minimum atomic E-state index is 0.112. The minimum absolute atomic E-state index is 0.112. The number of methoxy groups -OCH3 is 1. The number of hydrogen-bond acceptors (Lipinski definition) is 4. The topological polar surface area (TPSA) is 36.9 Å². The lowest BCUT2D eigenvalue weighted by atomic mass is 9.65. The second kappa shape index (κ2) is 15.8. The Hall–Kier alpha value is -1.10. The Labute approximate surface area is 211 Å². The van der Waals surface area contributed by atoms with Gasteiger partial charge < -0.3 is 18.9 Å². The SMILES string of the molecule is CCC(C)CC(OCCOc1ccccc1)C(C)C(C)(CC)CC(OCCOC)C(C)(C)CC. The summed E-state index contributed by atoms with van der Waals surface area (Å²) >= 11 is 0. The third-order valence-electron chi connectivity index (χ3n) is 8.26. The molecule has 0 bridgehead atoms. The summed E-state index contributed by atoms with van der Waals surface area (Å²) in [5, 5.41) is 0. The molecule has 0 aliphatic carbocycles. The van der Waals surface area contributed by atoms with Crippen molar-refractivity contribution in [3.8, 4) is 5.75 Å². The average Bonchev–Trinajstić information content (AvgIpc) is 2.85. The minimum Gasteiger partial charge on any atom is -0.491 e. The van der Waals surface area contributed by atoms with Crippen molar-refractivity contribution in [2.75, 3.05) is 33.5 Å². The van der Waals surface area contributed by atoms with E-state index in [1.165, 1.54) is 6.42 Å². The molecule has 0 saturated heterocycles. The van der Waals surface area contributed by atoms with Gasteiger partial charge in [0.2, 0.25) is 0 Å². The smallest absolute Gasteiger partial charge is 0.119 e. The largest absolute Gasteiger partial charge is 0.491 e. The first-order valence-electron chi connectivity index (χ1n) is 13.5. The van der Waals surface area contributed by atoms with Crippen molar-refractivity contribution in [2.45, 2.75) is 99.7 Å². The maximum absolute atomic E-state index is 6.55. The quantitative estimate of drug-likeness (QED) is 0.190. The summed E-state index contributed by atoms with van der Waals surface area (Å²) in [7, 11) is 1.74. The lowest BCUT2D eigenvalue weighted by Crippen LogP contribution is -2.43. The van der Waals surface area contributed by atoms with E-state index in [2.05, 4.69) is 55.4 Å². The van der Waals surface area contributed by atoms with Crippen LogP contribution in [0.3, 0.4) is 0 Å². The van der Waals surface area contributed by atoms with Crippen molar-refractivity contribution in [3.05, 3.63) is 30.3 Å². The maximum Gasteiger partial charge on any atom is 0.119 e. The fourth-order valence-corrected chi connectivity index (χ4v) is 4.44. The molecule has 34 heavy (non-hydrogen) atoms. The second-order valence-electron chi connectivity index (χ2n) is 11.0. The van der Waals surface area contributed by atoms with Crippen molar-refractivity contribution in [1.29, 1.82) is 0 Å². The predicted octanol–water partition coefficient (Wildman–Crippen LogP) is 7.80. The first-order chi connectivity index (χ1) is 16.1. The Morgan fingerprint density at radius 2 is 1.47 bits per heavy atom. The summed E-state index contributed by atoms with van der Waals surface area (Å²) in [6.45, 7) is 21.1. The highest BCUT2D eigenvalue weighted by atomic mass is 16.5. The van der Waals surface area contributed by atoms with E-state index in [-0.39, 0.29) is 23.0 Å². The van der Waals surface area contributed by atoms with Crippen LogP contribution < -0.4 is 4.74 Å². The molecule has 0 amide bonds. The van der Waals surface area contributed by atoms with Crippen molar-refractivity contribution in [1.82, 2.24) is 0 Å². The highest BCUT2D eigenvalue weighted by molar-refractivity contribution is 5.20. The highest BCUT2D eigenvalue weighted by Crippen LogP contribution is 2.44. The zero-order chi connectivity index (χ0) is 25.6. The molecular weight excluding hydrogens is 424 g/mol. The third kappa shape index (κ3) is 10.3. The standard InChI is InChI=1S/C30H54O4/c1-10-24(4)22-27(33-21-20-32-26-16-14-13-15-17-26)25(5)30(8,12-3)23-28(29(6,7)11-2)34-19-18-31-9/h13-17,24-25,27-28H,10-12,18-23H2,1-9H3. The maximum atomic E-state index is 6.55. The molecule has 0 fully saturated rings. The third-order valence-corrected chi connectivity index (χ3v) is 8.26. The van der Waals surface area contributed by atoms with Crippen LogP contribution in [0.2, 0.25) is 0 Å². The van der Waals surface area contributed by atoms with Gasteiger partial charge in [0.25, 0.3) is 0 Å². The van der Waals surface area contributed by atoms with Crippen LogP contribution in [0.15, 0.2) is 30.3 Å². The van der Waals surface area contributed by atoms with E-state index in [0.29, 0.717) is 38.3 Å². The summed E-state index contributed by atoms with van der Waals surface area (Å²) < 4.78 is 24.2. The van der Waals surface area contributed by atoms with Gasteiger partial charge in [0.1, 0.15) is 12.4 Å². The van der Waals surface area contributed by atoms with Gasteiger partial charge in [-0.3, -0.25) is 0 Å². The zero-order valence-electron chi connectivity index (χ0n) is 23.7. The molecule has 0 aliphatic rings. The summed E-state index contributed by atoms with van der Waals surface area (Å²) in [5.74, 6) is 1.93. The molecule has 0 spiro atoms. The van der Waals surface area contributed by atoms with E-state index in [1.54, 1.807) is 7.11 Å². The summed E-state index contributed by atoms with van der Waals surface area (Å²) in [4.78, 5) is 0. The lowest BCUT2D eigenvalue weighted by Gasteiger charge is -2.45. The normalized spacial score (nSPS) is 17.6. The summed E-state index contributed by atoms with van der Waals surface area (Å²) in [6.07, 6.45) is 5.83. The van der Waals surface area contributed by atoms with Gasteiger partial charge in [-0.15, -0.1) is 0 Å². The average molecular weight is 479 g/mol. The van der Waals surface area contributed by atoms with Gasteiger partial charge in [0.05, 0.1) is 32.0 Å². The van der Waals surface area contributed by atoms with E-state index < -0.39 is 0 Å².